The molecule has 24 heavy (non-hydrogen) atoms. The smallest absolute Gasteiger partial charge is 0.334 e. The topological polar surface area (TPSA) is 52.6 Å². The molecule has 4 heteroatoms. The molecule has 1 saturated heterocycles. The van der Waals surface area contributed by atoms with Crippen molar-refractivity contribution < 1.29 is 19.1 Å². The van der Waals surface area contributed by atoms with Gasteiger partial charge >= 0.3 is 11.9 Å². The highest BCUT2D eigenvalue weighted by Gasteiger charge is 2.37. The average molecular weight is 332 g/mol. The fourth-order valence-corrected chi connectivity index (χ4v) is 3.15. The summed E-state index contributed by atoms with van der Waals surface area (Å²) in [6, 6.07) is 0. The fraction of sp³-hybridized carbons (Fsp3) is 0.600. The summed E-state index contributed by atoms with van der Waals surface area (Å²) in [5.41, 5.74) is 2.71. The van der Waals surface area contributed by atoms with Crippen LogP contribution in [0.3, 0.4) is 0 Å². The molecule has 0 saturated carbocycles. The molecule has 1 fully saturated rings. The molecule has 2 rings (SSSR count). The van der Waals surface area contributed by atoms with E-state index in [0.29, 0.717) is 18.4 Å². The molecule has 0 unspecified atom stereocenters. The van der Waals surface area contributed by atoms with Crippen molar-refractivity contribution >= 4 is 11.9 Å². The Morgan fingerprint density at radius 2 is 2.12 bits per heavy atom. The molecule has 1 heterocycles. The summed E-state index contributed by atoms with van der Waals surface area (Å²) >= 11 is 0. The molecule has 3 atom stereocenters. The summed E-state index contributed by atoms with van der Waals surface area (Å²) in [4.78, 5) is 23.9. The zero-order valence-electron chi connectivity index (χ0n) is 15.1. The van der Waals surface area contributed by atoms with Crippen molar-refractivity contribution in [2.75, 3.05) is 0 Å². The minimum absolute atomic E-state index is 0.000848. The van der Waals surface area contributed by atoms with Gasteiger partial charge in [0, 0.05) is 24.3 Å². The number of hydrogen-bond donors (Lipinski definition) is 0. The summed E-state index contributed by atoms with van der Waals surface area (Å²) in [7, 11) is 0. The molecule has 1 aliphatic carbocycles. The van der Waals surface area contributed by atoms with Gasteiger partial charge in [-0.15, -0.1) is 0 Å². The van der Waals surface area contributed by atoms with Crippen molar-refractivity contribution in [1.82, 2.24) is 0 Å². The van der Waals surface area contributed by atoms with Crippen LogP contribution in [-0.4, -0.2) is 24.1 Å². The third-order valence-electron chi connectivity index (χ3n) is 4.66. The van der Waals surface area contributed by atoms with E-state index in [-0.39, 0.29) is 36.0 Å². The van der Waals surface area contributed by atoms with E-state index in [1.165, 1.54) is 5.57 Å². The van der Waals surface area contributed by atoms with E-state index in [0.717, 1.165) is 18.4 Å². The van der Waals surface area contributed by atoms with Crippen molar-refractivity contribution in [2.45, 2.75) is 65.6 Å². The van der Waals surface area contributed by atoms with Crippen LogP contribution in [0.25, 0.3) is 0 Å². The Kier molecular flexibility index (Phi) is 6.03. The number of rotatable bonds is 3. The first kappa shape index (κ1) is 18.5. The minimum atomic E-state index is -0.316. The summed E-state index contributed by atoms with van der Waals surface area (Å²) in [6.45, 7) is 11.9. The number of carbonyl (C=O) groups excluding carboxylic acids is 2. The van der Waals surface area contributed by atoms with E-state index in [1.807, 2.05) is 26.8 Å². The normalized spacial score (nSPS) is 32.3. The maximum atomic E-state index is 12.1. The second kappa shape index (κ2) is 7.82. The Hall–Kier alpha value is -1.84. The zero-order valence-corrected chi connectivity index (χ0v) is 15.1. The van der Waals surface area contributed by atoms with Crippen LogP contribution in [0.1, 0.15) is 53.4 Å². The highest BCUT2D eigenvalue weighted by atomic mass is 16.6. The Morgan fingerprint density at radius 1 is 1.42 bits per heavy atom. The third kappa shape index (κ3) is 4.59. The highest BCUT2D eigenvalue weighted by Crippen LogP contribution is 2.34. The molecule has 0 aromatic carbocycles. The lowest BCUT2D eigenvalue weighted by Crippen LogP contribution is -2.23. The number of allylic oxidation sites excluding steroid dienone is 1. The average Bonchev–Trinajstić information content (AvgIpc) is 2.74. The highest BCUT2D eigenvalue weighted by molar-refractivity contribution is 5.91. The summed E-state index contributed by atoms with van der Waals surface area (Å²) in [5.74, 6) is -0.235. The van der Waals surface area contributed by atoms with Gasteiger partial charge in [-0.1, -0.05) is 32.1 Å². The molecule has 0 aromatic heterocycles. The number of fused-ring (bicyclic) bond motifs is 1. The van der Waals surface area contributed by atoms with E-state index in [1.54, 1.807) is 0 Å². The van der Waals surface area contributed by atoms with E-state index in [2.05, 4.69) is 19.6 Å². The lowest BCUT2D eigenvalue weighted by Gasteiger charge is -2.23. The molecule has 0 amide bonds. The molecule has 1 aliphatic heterocycles. The maximum absolute atomic E-state index is 12.1. The predicted molar refractivity (Wildman–Crippen MR) is 93.2 cm³/mol. The quantitative estimate of drug-likeness (QED) is 0.443. The second-order valence-corrected chi connectivity index (χ2v) is 7.31. The Labute approximate surface area is 144 Å². The number of carbonyl (C=O) groups is 2. The van der Waals surface area contributed by atoms with Crippen LogP contribution in [0.2, 0.25) is 0 Å². The largest absolute Gasteiger partial charge is 0.457 e. The van der Waals surface area contributed by atoms with Crippen LogP contribution in [0.15, 0.2) is 35.5 Å². The molecule has 0 radical (unpaired) electrons. The molecule has 0 spiro atoms. The third-order valence-corrected chi connectivity index (χ3v) is 4.66. The van der Waals surface area contributed by atoms with Gasteiger partial charge in [0.05, 0.1) is 0 Å². The molecule has 2 aliphatic rings. The molecule has 0 N–H and O–H groups in total. The van der Waals surface area contributed by atoms with Gasteiger partial charge in [0.2, 0.25) is 0 Å². The molecular formula is C20H28O4. The van der Waals surface area contributed by atoms with Crippen LogP contribution in [0.5, 0.6) is 0 Å². The molecule has 0 aromatic rings. The Morgan fingerprint density at radius 3 is 2.79 bits per heavy atom. The molecular weight excluding hydrogens is 304 g/mol. The van der Waals surface area contributed by atoms with Crippen LogP contribution in [0, 0.1) is 11.8 Å². The van der Waals surface area contributed by atoms with Crippen molar-refractivity contribution in [3.05, 3.63) is 35.5 Å². The van der Waals surface area contributed by atoms with Gasteiger partial charge in [0.25, 0.3) is 0 Å². The van der Waals surface area contributed by atoms with E-state index in [9.17, 15) is 9.59 Å². The van der Waals surface area contributed by atoms with Crippen molar-refractivity contribution in [1.29, 1.82) is 0 Å². The van der Waals surface area contributed by atoms with Crippen LogP contribution in [-0.2, 0) is 19.1 Å². The second-order valence-electron chi connectivity index (χ2n) is 7.31. The van der Waals surface area contributed by atoms with Gasteiger partial charge in [-0.05, 0) is 44.3 Å². The van der Waals surface area contributed by atoms with Crippen molar-refractivity contribution in [2.24, 2.45) is 11.8 Å². The van der Waals surface area contributed by atoms with Gasteiger partial charge < -0.3 is 9.47 Å². The van der Waals surface area contributed by atoms with Gasteiger partial charge in [0.15, 0.2) is 0 Å². The van der Waals surface area contributed by atoms with Crippen molar-refractivity contribution in [3.63, 3.8) is 0 Å². The van der Waals surface area contributed by atoms with E-state index < -0.39 is 0 Å². The van der Waals surface area contributed by atoms with E-state index >= 15 is 0 Å². The van der Waals surface area contributed by atoms with Gasteiger partial charge in [-0.3, -0.25) is 4.79 Å². The molecule has 4 nitrogen and oxygen atoms in total. The monoisotopic (exact) mass is 332 g/mol. The first-order valence-electron chi connectivity index (χ1n) is 8.71. The predicted octanol–water partition coefficient (Wildman–Crippen LogP) is 4.12. The van der Waals surface area contributed by atoms with Crippen LogP contribution >= 0.6 is 0 Å². The first-order chi connectivity index (χ1) is 11.3. The van der Waals surface area contributed by atoms with Crippen molar-refractivity contribution in [3.8, 4) is 0 Å². The fourth-order valence-electron chi connectivity index (χ4n) is 3.15. The summed E-state index contributed by atoms with van der Waals surface area (Å²) in [6.07, 6.45) is 6.25. The number of ether oxygens (including phenoxy) is 2. The molecule has 132 valence electrons. The van der Waals surface area contributed by atoms with Gasteiger partial charge in [-0.2, -0.15) is 0 Å². The Bertz CT molecular complexity index is 582. The Balaban J connectivity index is 2.22. The van der Waals surface area contributed by atoms with Gasteiger partial charge in [-0.25, -0.2) is 4.79 Å². The lowest BCUT2D eigenvalue weighted by molar-refractivity contribution is -0.148. The summed E-state index contributed by atoms with van der Waals surface area (Å²) in [5, 5.41) is 0. The zero-order chi connectivity index (χ0) is 17.9. The van der Waals surface area contributed by atoms with Crippen LogP contribution in [0.4, 0.5) is 0 Å². The molecule has 0 bridgehead atoms. The SMILES string of the molecule is C=C1C(=O)O[C@@H]2/C=C(\C)[C@@H](OC(=O)CC(C)C)C/C=C(\C)CC[C@@H]12. The number of hydrogen-bond acceptors (Lipinski definition) is 4. The van der Waals surface area contributed by atoms with E-state index in [4.69, 9.17) is 9.47 Å². The summed E-state index contributed by atoms with van der Waals surface area (Å²) < 4.78 is 11.1. The maximum Gasteiger partial charge on any atom is 0.334 e. The standard InChI is InChI=1S/C20H28O4/c1-12(2)10-19(21)23-17-9-7-13(3)6-8-16-15(5)20(22)24-18(16)11-14(17)4/h7,11-12,16-18H,5-6,8-10H2,1-4H3/b13-7+,14-11+/t16-,17-,18+/m0/s1. The first-order valence-corrected chi connectivity index (χ1v) is 8.71. The van der Waals surface area contributed by atoms with Crippen LogP contribution < -0.4 is 0 Å². The van der Waals surface area contributed by atoms with Gasteiger partial charge in [0.1, 0.15) is 12.2 Å². The number of esters is 2. The minimum Gasteiger partial charge on any atom is -0.457 e. The lowest BCUT2D eigenvalue weighted by atomic mass is 9.87.